The summed E-state index contributed by atoms with van der Waals surface area (Å²) in [5.41, 5.74) is 0. The SMILES string of the molecule is COCCCC(NS(=O)(=O)CC1CC1)C(=O)O. The Bertz CT molecular complexity index is 350. The molecule has 0 aliphatic heterocycles. The summed E-state index contributed by atoms with van der Waals surface area (Å²) in [5, 5.41) is 8.92. The highest BCUT2D eigenvalue weighted by atomic mass is 32.2. The Morgan fingerprint density at radius 2 is 2.18 bits per heavy atom. The van der Waals surface area contributed by atoms with Gasteiger partial charge in [0.25, 0.3) is 0 Å². The number of nitrogens with one attached hydrogen (secondary N) is 1. The largest absolute Gasteiger partial charge is 0.480 e. The van der Waals surface area contributed by atoms with Crippen molar-refractivity contribution < 1.29 is 23.1 Å². The standard InChI is InChI=1S/C10H19NO5S/c1-16-6-2-3-9(10(12)13)11-17(14,15)7-8-4-5-8/h8-9,11H,2-7H2,1H3,(H,12,13). The molecule has 1 fully saturated rings. The Balaban J connectivity index is 2.43. The van der Waals surface area contributed by atoms with Crippen LogP contribution in [-0.2, 0) is 19.6 Å². The van der Waals surface area contributed by atoms with E-state index in [1.54, 1.807) is 0 Å². The van der Waals surface area contributed by atoms with E-state index in [4.69, 9.17) is 9.84 Å². The molecule has 1 rings (SSSR count). The first-order valence-electron chi connectivity index (χ1n) is 5.66. The summed E-state index contributed by atoms with van der Waals surface area (Å²) in [6.45, 7) is 0.425. The van der Waals surface area contributed by atoms with Gasteiger partial charge in [-0.1, -0.05) is 0 Å². The molecule has 1 aliphatic rings. The first kappa shape index (κ1) is 14.4. The Labute approximate surface area is 101 Å². The number of hydrogen-bond acceptors (Lipinski definition) is 4. The molecule has 100 valence electrons. The Kier molecular flexibility index (Phi) is 5.35. The van der Waals surface area contributed by atoms with Crippen molar-refractivity contribution in [3.63, 3.8) is 0 Å². The van der Waals surface area contributed by atoms with Gasteiger partial charge in [-0.25, -0.2) is 13.1 Å². The average molecular weight is 265 g/mol. The van der Waals surface area contributed by atoms with Gasteiger partial charge < -0.3 is 9.84 Å². The molecule has 2 N–H and O–H groups in total. The third-order valence-electron chi connectivity index (χ3n) is 2.61. The van der Waals surface area contributed by atoms with Gasteiger partial charge in [0.1, 0.15) is 6.04 Å². The smallest absolute Gasteiger partial charge is 0.321 e. The van der Waals surface area contributed by atoms with Crippen LogP contribution in [-0.4, -0.2) is 45.0 Å². The van der Waals surface area contributed by atoms with Gasteiger partial charge in [0, 0.05) is 13.7 Å². The summed E-state index contributed by atoms with van der Waals surface area (Å²) in [6.07, 6.45) is 2.59. The van der Waals surface area contributed by atoms with Crippen LogP contribution in [0.15, 0.2) is 0 Å². The van der Waals surface area contributed by atoms with E-state index in [0.717, 1.165) is 12.8 Å². The second-order valence-corrected chi connectivity index (χ2v) is 6.17. The molecule has 0 saturated heterocycles. The molecule has 1 saturated carbocycles. The predicted molar refractivity (Wildman–Crippen MR) is 62.2 cm³/mol. The van der Waals surface area contributed by atoms with Gasteiger partial charge in [-0.05, 0) is 31.6 Å². The molecule has 0 aromatic carbocycles. The maximum atomic E-state index is 11.6. The topological polar surface area (TPSA) is 92.7 Å². The number of sulfonamides is 1. The Hall–Kier alpha value is -0.660. The number of carbonyl (C=O) groups is 1. The molecule has 6 nitrogen and oxygen atoms in total. The van der Waals surface area contributed by atoms with Crippen molar-refractivity contribution in [2.45, 2.75) is 31.7 Å². The lowest BCUT2D eigenvalue weighted by Gasteiger charge is -2.14. The van der Waals surface area contributed by atoms with Gasteiger partial charge in [-0.3, -0.25) is 4.79 Å². The Morgan fingerprint density at radius 1 is 1.53 bits per heavy atom. The summed E-state index contributed by atoms with van der Waals surface area (Å²) in [7, 11) is -1.95. The first-order chi connectivity index (χ1) is 7.94. The zero-order valence-corrected chi connectivity index (χ0v) is 10.7. The van der Waals surface area contributed by atoms with Crippen molar-refractivity contribution in [3.8, 4) is 0 Å². The molecular weight excluding hydrogens is 246 g/mol. The average Bonchev–Trinajstić information content (AvgIpc) is 2.99. The predicted octanol–water partition coefficient (Wildman–Crippen LogP) is 0.196. The van der Waals surface area contributed by atoms with E-state index in [1.165, 1.54) is 7.11 Å². The fraction of sp³-hybridized carbons (Fsp3) is 0.900. The van der Waals surface area contributed by atoms with Crippen LogP contribution in [0.25, 0.3) is 0 Å². The van der Waals surface area contributed by atoms with Gasteiger partial charge in [-0.2, -0.15) is 0 Å². The van der Waals surface area contributed by atoms with Crippen molar-refractivity contribution in [1.82, 2.24) is 4.72 Å². The molecule has 0 spiro atoms. The van der Waals surface area contributed by atoms with Crippen molar-refractivity contribution in [2.24, 2.45) is 5.92 Å². The third kappa shape index (κ3) is 5.99. The monoisotopic (exact) mass is 265 g/mol. The fourth-order valence-electron chi connectivity index (χ4n) is 1.52. The molecule has 1 unspecified atom stereocenters. The number of hydrogen-bond donors (Lipinski definition) is 2. The van der Waals surface area contributed by atoms with Crippen LogP contribution >= 0.6 is 0 Å². The van der Waals surface area contributed by atoms with E-state index in [2.05, 4.69) is 4.72 Å². The molecule has 1 atom stereocenters. The van der Waals surface area contributed by atoms with E-state index >= 15 is 0 Å². The summed E-state index contributed by atoms with van der Waals surface area (Å²) >= 11 is 0. The Morgan fingerprint density at radius 3 is 2.65 bits per heavy atom. The maximum absolute atomic E-state index is 11.6. The van der Waals surface area contributed by atoms with E-state index in [9.17, 15) is 13.2 Å². The van der Waals surface area contributed by atoms with Gasteiger partial charge >= 0.3 is 5.97 Å². The van der Waals surface area contributed by atoms with Crippen LogP contribution < -0.4 is 4.72 Å². The van der Waals surface area contributed by atoms with Crippen LogP contribution in [0.2, 0.25) is 0 Å². The number of rotatable bonds is 9. The minimum absolute atomic E-state index is 0.0427. The zero-order valence-electron chi connectivity index (χ0n) is 9.89. The molecule has 1 aliphatic carbocycles. The van der Waals surface area contributed by atoms with Crippen LogP contribution in [0.5, 0.6) is 0 Å². The fourth-order valence-corrected chi connectivity index (χ4v) is 3.23. The number of methoxy groups -OCH3 is 1. The molecule has 0 heterocycles. The van der Waals surface area contributed by atoms with Crippen LogP contribution in [0.3, 0.4) is 0 Å². The second kappa shape index (κ2) is 6.32. The summed E-state index contributed by atoms with van der Waals surface area (Å²) < 4.78 is 30.3. The lowest BCUT2D eigenvalue weighted by molar-refractivity contribution is -0.139. The summed E-state index contributed by atoms with van der Waals surface area (Å²) in [5.74, 6) is -0.887. The molecule has 17 heavy (non-hydrogen) atoms. The number of carboxylic acids is 1. The van der Waals surface area contributed by atoms with Crippen LogP contribution in [0, 0.1) is 5.92 Å². The van der Waals surface area contributed by atoms with Crippen molar-refractivity contribution in [1.29, 1.82) is 0 Å². The highest BCUT2D eigenvalue weighted by Crippen LogP contribution is 2.30. The van der Waals surface area contributed by atoms with E-state index < -0.39 is 22.0 Å². The van der Waals surface area contributed by atoms with Crippen LogP contribution in [0.1, 0.15) is 25.7 Å². The highest BCUT2D eigenvalue weighted by Gasteiger charge is 2.30. The quantitative estimate of drug-likeness (QED) is 0.581. The van der Waals surface area contributed by atoms with Gasteiger partial charge in [0.2, 0.25) is 10.0 Å². The van der Waals surface area contributed by atoms with E-state index in [0.29, 0.717) is 13.0 Å². The maximum Gasteiger partial charge on any atom is 0.321 e. The molecule has 0 aromatic rings. The number of ether oxygens (including phenoxy) is 1. The first-order valence-corrected chi connectivity index (χ1v) is 7.31. The molecule has 0 bridgehead atoms. The molecule has 0 aromatic heterocycles. The van der Waals surface area contributed by atoms with E-state index in [-0.39, 0.29) is 18.1 Å². The van der Waals surface area contributed by atoms with Crippen molar-refractivity contribution >= 4 is 16.0 Å². The van der Waals surface area contributed by atoms with Gasteiger partial charge in [-0.15, -0.1) is 0 Å². The third-order valence-corrected chi connectivity index (χ3v) is 4.17. The number of carboxylic acid groups (broad SMARTS) is 1. The van der Waals surface area contributed by atoms with Crippen molar-refractivity contribution in [3.05, 3.63) is 0 Å². The minimum atomic E-state index is -3.47. The van der Waals surface area contributed by atoms with Crippen molar-refractivity contribution in [2.75, 3.05) is 19.5 Å². The lowest BCUT2D eigenvalue weighted by atomic mass is 10.2. The number of aliphatic carboxylic acids is 1. The summed E-state index contributed by atoms with van der Waals surface area (Å²) in [4.78, 5) is 10.9. The zero-order chi connectivity index (χ0) is 12.9. The molecule has 0 radical (unpaired) electrons. The normalized spacial score (nSPS) is 17.9. The molecule has 0 amide bonds. The molecule has 7 heteroatoms. The lowest BCUT2D eigenvalue weighted by Crippen LogP contribution is -2.42. The highest BCUT2D eigenvalue weighted by molar-refractivity contribution is 7.89. The van der Waals surface area contributed by atoms with Gasteiger partial charge in [0.05, 0.1) is 5.75 Å². The molecular formula is C10H19NO5S. The summed E-state index contributed by atoms with van der Waals surface area (Å²) in [6, 6.07) is -1.05. The second-order valence-electron chi connectivity index (χ2n) is 4.37. The van der Waals surface area contributed by atoms with Crippen LogP contribution in [0.4, 0.5) is 0 Å². The minimum Gasteiger partial charge on any atom is -0.480 e. The van der Waals surface area contributed by atoms with E-state index in [1.807, 2.05) is 0 Å². The van der Waals surface area contributed by atoms with Gasteiger partial charge in [0.15, 0.2) is 0 Å².